The van der Waals surface area contributed by atoms with Crippen LogP contribution >= 0.6 is 0 Å². The molecule has 0 atom stereocenters. The van der Waals surface area contributed by atoms with Crippen LogP contribution in [0.5, 0.6) is 5.75 Å². The van der Waals surface area contributed by atoms with Crippen LogP contribution in [0.4, 0.5) is 0 Å². The number of methoxy groups -OCH3 is 1. The summed E-state index contributed by atoms with van der Waals surface area (Å²) in [7, 11) is 3.55. The van der Waals surface area contributed by atoms with Crippen molar-refractivity contribution in [3.8, 4) is 17.3 Å². The number of aromatic nitrogens is 4. The third-order valence-corrected chi connectivity index (χ3v) is 4.15. The molecule has 0 N–H and O–H groups in total. The molecule has 1 saturated carbocycles. The zero-order chi connectivity index (χ0) is 15.2. The quantitative estimate of drug-likeness (QED) is 0.740. The summed E-state index contributed by atoms with van der Waals surface area (Å²) >= 11 is 0. The highest BCUT2D eigenvalue weighted by Gasteiger charge is 2.52. The van der Waals surface area contributed by atoms with Gasteiger partial charge in [-0.3, -0.25) is 4.68 Å². The largest absolute Gasteiger partial charge is 0.496 e. The number of hydrogen-bond acceptors (Lipinski definition) is 5. The van der Waals surface area contributed by atoms with Crippen LogP contribution in [0, 0.1) is 0 Å². The Kier molecular flexibility index (Phi) is 2.79. The number of hydrogen-bond donors (Lipinski definition) is 0. The van der Waals surface area contributed by atoms with Crippen LogP contribution in [0.25, 0.3) is 11.5 Å². The van der Waals surface area contributed by atoms with Gasteiger partial charge in [-0.05, 0) is 25.0 Å². The molecule has 0 saturated heterocycles. The SMILES string of the molecule is COc1ccccc1C1(c2nc(-c3ccn(C)n3)no2)CC1. The molecule has 2 heterocycles. The molecule has 0 spiro atoms. The van der Waals surface area contributed by atoms with E-state index in [1.54, 1.807) is 11.8 Å². The highest BCUT2D eigenvalue weighted by molar-refractivity contribution is 5.51. The molecule has 1 aliphatic carbocycles. The van der Waals surface area contributed by atoms with Gasteiger partial charge in [0.05, 0.1) is 12.5 Å². The number of aryl methyl sites for hydroxylation is 1. The lowest BCUT2D eigenvalue weighted by atomic mass is 9.95. The summed E-state index contributed by atoms with van der Waals surface area (Å²) in [5, 5.41) is 8.39. The Morgan fingerprint density at radius 3 is 2.73 bits per heavy atom. The van der Waals surface area contributed by atoms with E-state index in [4.69, 9.17) is 9.26 Å². The minimum atomic E-state index is -0.216. The Morgan fingerprint density at radius 1 is 1.23 bits per heavy atom. The van der Waals surface area contributed by atoms with E-state index in [0.717, 1.165) is 24.2 Å². The first kappa shape index (κ1) is 13.1. The average molecular weight is 296 g/mol. The van der Waals surface area contributed by atoms with Gasteiger partial charge in [-0.25, -0.2) is 0 Å². The van der Waals surface area contributed by atoms with Gasteiger partial charge in [-0.2, -0.15) is 10.1 Å². The Labute approximate surface area is 127 Å². The molecule has 112 valence electrons. The number of nitrogens with zero attached hydrogens (tertiary/aromatic N) is 4. The van der Waals surface area contributed by atoms with Gasteiger partial charge in [0.25, 0.3) is 0 Å². The second kappa shape index (κ2) is 4.69. The molecule has 0 aliphatic heterocycles. The van der Waals surface area contributed by atoms with E-state index in [-0.39, 0.29) is 5.41 Å². The molecular formula is C16H16N4O2. The van der Waals surface area contributed by atoms with Crippen LogP contribution in [0.3, 0.4) is 0 Å². The summed E-state index contributed by atoms with van der Waals surface area (Å²) in [6.07, 6.45) is 3.83. The van der Waals surface area contributed by atoms with Crippen molar-refractivity contribution in [2.75, 3.05) is 7.11 Å². The van der Waals surface area contributed by atoms with Gasteiger partial charge < -0.3 is 9.26 Å². The number of rotatable bonds is 4. The average Bonchev–Trinajstić information content (AvgIpc) is 2.99. The third-order valence-electron chi connectivity index (χ3n) is 4.15. The molecule has 0 radical (unpaired) electrons. The Morgan fingerprint density at radius 2 is 2.05 bits per heavy atom. The van der Waals surface area contributed by atoms with Crippen LogP contribution in [0.1, 0.15) is 24.3 Å². The fourth-order valence-corrected chi connectivity index (χ4v) is 2.82. The number of para-hydroxylation sites is 1. The van der Waals surface area contributed by atoms with Gasteiger partial charge in [0.2, 0.25) is 11.7 Å². The van der Waals surface area contributed by atoms with Crippen LogP contribution < -0.4 is 4.74 Å². The van der Waals surface area contributed by atoms with Crippen molar-refractivity contribution in [2.45, 2.75) is 18.3 Å². The van der Waals surface area contributed by atoms with Crippen molar-refractivity contribution in [1.29, 1.82) is 0 Å². The van der Waals surface area contributed by atoms with E-state index < -0.39 is 0 Å². The maximum absolute atomic E-state index is 5.54. The molecule has 1 fully saturated rings. The molecule has 0 unspecified atom stereocenters. The van der Waals surface area contributed by atoms with Crippen LogP contribution in [0.2, 0.25) is 0 Å². The third kappa shape index (κ3) is 1.91. The van der Waals surface area contributed by atoms with Crippen molar-refractivity contribution in [1.82, 2.24) is 19.9 Å². The highest BCUT2D eigenvalue weighted by atomic mass is 16.5. The lowest BCUT2D eigenvalue weighted by Gasteiger charge is -2.14. The van der Waals surface area contributed by atoms with Gasteiger partial charge in [0.15, 0.2) is 0 Å². The fourth-order valence-electron chi connectivity index (χ4n) is 2.82. The maximum atomic E-state index is 5.54. The summed E-state index contributed by atoms with van der Waals surface area (Å²) in [6.45, 7) is 0. The molecule has 1 aliphatic rings. The molecule has 4 rings (SSSR count). The van der Waals surface area contributed by atoms with Crippen molar-refractivity contribution < 1.29 is 9.26 Å². The van der Waals surface area contributed by atoms with Crippen LogP contribution in [0.15, 0.2) is 41.1 Å². The molecule has 6 nitrogen and oxygen atoms in total. The monoisotopic (exact) mass is 296 g/mol. The minimum absolute atomic E-state index is 0.216. The lowest BCUT2D eigenvalue weighted by molar-refractivity contribution is 0.352. The normalized spacial score (nSPS) is 15.7. The molecule has 0 amide bonds. The van der Waals surface area contributed by atoms with Crippen molar-refractivity contribution >= 4 is 0 Å². The molecular weight excluding hydrogens is 280 g/mol. The zero-order valence-electron chi connectivity index (χ0n) is 12.5. The van der Waals surface area contributed by atoms with Crippen LogP contribution in [-0.2, 0) is 12.5 Å². The van der Waals surface area contributed by atoms with Crippen molar-refractivity contribution in [3.63, 3.8) is 0 Å². The minimum Gasteiger partial charge on any atom is -0.496 e. The van der Waals surface area contributed by atoms with E-state index >= 15 is 0 Å². The first-order valence-electron chi connectivity index (χ1n) is 7.21. The first-order valence-corrected chi connectivity index (χ1v) is 7.21. The van der Waals surface area contributed by atoms with Crippen LogP contribution in [-0.4, -0.2) is 27.0 Å². The lowest BCUT2D eigenvalue weighted by Crippen LogP contribution is -2.10. The summed E-state index contributed by atoms with van der Waals surface area (Å²) in [4.78, 5) is 4.57. The molecule has 2 aromatic heterocycles. The summed E-state index contributed by atoms with van der Waals surface area (Å²) < 4.78 is 12.7. The number of ether oxygens (including phenoxy) is 1. The maximum Gasteiger partial charge on any atom is 0.237 e. The predicted octanol–water partition coefficient (Wildman–Crippen LogP) is 2.56. The van der Waals surface area contributed by atoms with Gasteiger partial charge in [-0.1, -0.05) is 23.4 Å². The topological polar surface area (TPSA) is 66.0 Å². The predicted molar refractivity (Wildman–Crippen MR) is 79.5 cm³/mol. The fraction of sp³-hybridized carbons (Fsp3) is 0.312. The standard InChI is InChI=1S/C16H16N4O2/c1-20-10-7-12(18-20)14-17-15(22-19-14)16(8-9-16)11-5-3-4-6-13(11)21-2/h3-7,10H,8-9H2,1-2H3. The molecule has 6 heteroatoms. The molecule has 22 heavy (non-hydrogen) atoms. The van der Waals surface area contributed by atoms with E-state index in [0.29, 0.717) is 17.4 Å². The van der Waals surface area contributed by atoms with Gasteiger partial charge in [0, 0.05) is 18.8 Å². The summed E-state index contributed by atoms with van der Waals surface area (Å²) in [6, 6.07) is 9.87. The van der Waals surface area contributed by atoms with E-state index in [1.165, 1.54) is 0 Å². The van der Waals surface area contributed by atoms with Gasteiger partial charge >= 0.3 is 0 Å². The Balaban J connectivity index is 1.74. The van der Waals surface area contributed by atoms with E-state index in [9.17, 15) is 0 Å². The summed E-state index contributed by atoms with van der Waals surface area (Å²) in [5.41, 5.74) is 1.61. The van der Waals surface area contributed by atoms with Crippen molar-refractivity contribution in [2.24, 2.45) is 7.05 Å². The number of benzene rings is 1. The molecule has 1 aromatic carbocycles. The first-order chi connectivity index (χ1) is 10.7. The highest BCUT2D eigenvalue weighted by Crippen LogP contribution is 2.55. The second-order valence-electron chi connectivity index (χ2n) is 5.58. The summed E-state index contributed by atoms with van der Waals surface area (Å²) in [5.74, 6) is 2.02. The van der Waals surface area contributed by atoms with E-state index in [2.05, 4.69) is 21.3 Å². The molecule has 3 aromatic rings. The van der Waals surface area contributed by atoms with Gasteiger partial charge in [-0.15, -0.1) is 0 Å². The van der Waals surface area contributed by atoms with Crippen molar-refractivity contribution in [3.05, 3.63) is 48.0 Å². The van der Waals surface area contributed by atoms with E-state index in [1.807, 2.05) is 37.5 Å². The van der Waals surface area contributed by atoms with Gasteiger partial charge in [0.1, 0.15) is 11.4 Å². The Bertz CT molecular complexity index is 817. The second-order valence-corrected chi connectivity index (χ2v) is 5.58. The smallest absolute Gasteiger partial charge is 0.237 e. The Hall–Kier alpha value is -2.63. The molecule has 0 bridgehead atoms. The zero-order valence-corrected chi connectivity index (χ0v) is 12.5.